The molecule has 86 valence electrons. The van der Waals surface area contributed by atoms with Crippen LogP contribution in [0.4, 0.5) is 14.5 Å². The maximum absolute atomic E-state index is 13.3. The molecule has 0 aliphatic carbocycles. The van der Waals surface area contributed by atoms with E-state index in [1.54, 1.807) is 0 Å². The molecule has 1 rings (SSSR count). The second kappa shape index (κ2) is 4.19. The highest BCUT2D eigenvalue weighted by Crippen LogP contribution is 2.26. The molecular formula is C8H5F2NO5. The third-order valence-electron chi connectivity index (χ3n) is 1.77. The minimum Gasteiger partial charge on any atom is -0.479 e. The van der Waals surface area contributed by atoms with Gasteiger partial charge in [-0.3, -0.25) is 10.1 Å². The van der Waals surface area contributed by atoms with E-state index in [1.807, 2.05) is 0 Å². The largest absolute Gasteiger partial charge is 0.479 e. The average Bonchev–Trinajstić information content (AvgIpc) is 2.19. The second-order valence-electron chi connectivity index (χ2n) is 2.83. The molecule has 0 radical (unpaired) electrons. The fraction of sp³-hybridized carbons (Fsp3) is 0.125. The van der Waals surface area contributed by atoms with Crippen LogP contribution in [0.25, 0.3) is 0 Å². The lowest BCUT2D eigenvalue weighted by Crippen LogP contribution is -2.13. The molecule has 8 heteroatoms. The number of hydrogen-bond acceptors (Lipinski definition) is 4. The molecule has 0 aromatic heterocycles. The number of rotatable bonds is 3. The Bertz CT molecular complexity index is 462. The van der Waals surface area contributed by atoms with Gasteiger partial charge in [-0.15, -0.1) is 0 Å². The van der Waals surface area contributed by atoms with Crippen LogP contribution in [0.1, 0.15) is 11.7 Å². The standard InChI is InChI=1S/C8H5F2NO5/c9-3-1-4(7(12)8(13)14)6(10)5(2-3)11(15)16/h1-2,7,12H,(H,13,14)/t7-/m1/s1. The maximum atomic E-state index is 13.3. The van der Waals surface area contributed by atoms with Crippen molar-refractivity contribution in [1.29, 1.82) is 0 Å². The normalized spacial score (nSPS) is 12.2. The van der Waals surface area contributed by atoms with E-state index in [-0.39, 0.29) is 0 Å². The molecule has 0 saturated heterocycles. The molecule has 1 atom stereocenters. The number of hydrogen-bond donors (Lipinski definition) is 2. The van der Waals surface area contributed by atoms with Crippen molar-refractivity contribution in [2.24, 2.45) is 0 Å². The number of aliphatic hydroxyl groups is 1. The summed E-state index contributed by atoms with van der Waals surface area (Å²) < 4.78 is 26.1. The summed E-state index contributed by atoms with van der Waals surface area (Å²) in [6, 6.07) is 0.689. The zero-order valence-electron chi connectivity index (χ0n) is 7.55. The molecule has 1 aromatic rings. The van der Waals surface area contributed by atoms with E-state index in [2.05, 4.69) is 0 Å². The Morgan fingerprint density at radius 2 is 2.00 bits per heavy atom. The number of nitro benzene ring substituents is 1. The third kappa shape index (κ3) is 2.11. The molecule has 0 aliphatic rings. The van der Waals surface area contributed by atoms with Gasteiger partial charge in [0.15, 0.2) is 6.10 Å². The molecule has 1 aromatic carbocycles. The minimum atomic E-state index is -2.35. The Hall–Kier alpha value is -2.09. The second-order valence-corrected chi connectivity index (χ2v) is 2.83. The quantitative estimate of drug-likeness (QED) is 0.598. The van der Waals surface area contributed by atoms with E-state index in [9.17, 15) is 23.7 Å². The fourth-order valence-electron chi connectivity index (χ4n) is 1.06. The van der Waals surface area contributed by atoms with E-state index in [1.165, 1.54) is 0 Å². The molecule has 0 heterocycles. The van der Waals surface area contributed by atoms with E-state index < -0.39 is 39.9 Å². The molecule has 0 fully saturated rings. The first kappa shape index (κ1) is 12.0. The number of carboxylic acids is 1. The summed E-state index contributed by atoms with van der Waals surface area (Å²) >= 11 is 0. The van der Waals surface area contributed by atoms with Crippen molar-refractivity contribution in [3.05, 3.63) is 39.4 Å². The van der Waals surface area contributed by atoms with Crippen LogP contribution in [0.2, 0.25) is 0 Å². The highest BCUT2D eigenvalue weighted by atomic mass is 19.1. The van der Waals surface area contributed by atoms with E-state index in [0.717, 1.165) is 0 Å². The molecule has 6 nitrogen and oxygen atoms in total. The zero-order chi connectivity index (χ0) is 12.5. The lowest BCUT2D eigenvalue weighted by molar-refractivity contribution is -0.387. The van der Waals surface area contributed by atoms with Gasteiger partial charge in [0.1, 0.15) is 5.82 Å². The van der Waals surface area contributed by atoms with Crippen LogP contribution < -0.4 is 0 Å². The van der Waals surface area contributed by atoms with Gasteiger partial charge < -0.3 is 10.2 Å². The van der Waals surface area contributed by atoms with Gasteiger partial charge in [0.05, 0.1) is 11.0 Å². The first-order valence-corrected chi connectivity index (χ1v) is 3.88. The summed E-state index contributed by atoms with van der Waals surface area (Å²) in [7, 11) is 0. The Morgan fingerprint density at radius 1 is 1.44 bits per heavy atom. The van der Waals surface area contributed by atoms with Crippen LogP contribution in [0.5, 0.6) is 0 Å². The number of aliphatic carboxylic acids is 1. The summed E-state index contributed by atoms with van der Waals surface area (Å²) in [5.74, 6) is -4.61. The van der Waals surface area contributed by atoms with Gasteiger partial charge in [-0.25, -0.2) is 9.18 Å². The summed E-state index contributed by atoms with van der Waals surface area (Å²) in [4.78, 5) is 19.4. The zero-order valence-corrected chi connectivity index (χ0v) is 7.55. The summed E-state index contributed by atoms with van der Waals surface area (Å²) in [6.07, 6.45) is -2.35. The van der Waals surface area contributed by atoms with Gasteiger partial charge in [-0.05, 0) is 6.07 Å². The topological polar surface area (TPSA) is 101 Å². The van der Waals surface area contributed by atoms with Crippen LogP contribution in [0.3, 0.4) is 0 Å². The number of halogens is 2. The predicted molar refractivity (Wildman–Crippen MR) is 45.6 cm³/mol. The Kier molecular flexibility index (Phi) is 3.14. The van der Waals surface area contributed by atoms with Crippen molar-refractivity contribution >= 4 is 11.7 Å². The van der Waals surface area contributed by atoms with E-state index in [0.29, 0.717) is 12.1 Å². The van der Waals surface area contributed by atoms with Gasteiger partial charge >= 0.3 is 11.7 Å². The number of aliphatic hydroxyl groups excluding tert-OH is 1. The molecule has 0 amide bonds. The molecule has 2 N–H and O–H groups in total. The number of carboxylic acid groups (broad SMARTS) is 1. The van der Waals surface area contributed by atoms with Gasteiger partial charge in [0, 0.05) is 5.56 Å². The summed E-state index contributed by atoms with van der Waals surface area (Å²) in [5, 5.41) is 27.6. The Balaban J connectivity index is 3.40. The summed E-state index contributed by atoms with van der Waals surface area (Å²) in [5.41, 5.74) is -2.21. The van der Waals surface area contributed by atoms with Gasteiger partial charge in [-0.2, -0.15) is 4.39 Å². The van der Waals surface area contributed by atoms with Crippen LogP contribution in [0, 0.1) is 21.7 Å². The van der Waals surface area contributed by atoms with E-state index in [4.69, 9.17) is 10.2 Å². The van der Waals surface area contributed by atoms with Crippen molar-refractivity contribution in [1.82, 2.24) is 0 Å². The molecule has 0 spiro atoms. The molecular weight excluding hydrogens is 228 g/mol. The highest BCUT2D eigenvalue weighted by Gasteiger charge is 2.27. The number of nitro groups is 1. The van der Waals surface area contributed by atoms with Crippen LogP contribution >= 0.6 is 0 Å². The number of benzene rings is 1. The van der Waals surface area contributed by atoms with Crippen LogP contribution in [-0.2, 0) is 4.79 Å². The first-order chi connectivity index (χ1) is 7.34. The van der Waals surface area contributed by atoms with Crippen molar-refractivity contribution in [3.63, 3.8) is 0 Å². The van der Waals surface area contributed by atoms with Gasteiger partial charge in [-0.1, -0.05) is 0 Å². The van der Waals surface area contributed by atoms with Crippen molar-refractivity contribution < 1.29 is 28.7 Å². The third-order valence-corrected chi connectivity index (χ3v) is 1.77. The number of nitrogens with zero attached hydrogens (tertiary/aromatic N) is 1. The Labute approximate surface area is 86.9 Å². The molecule has 16 heavy (non-hydrogen) atoms. The van der Waals surface area contributed by atoms with Crippen LogP contribution in [-0.4, -0.2) is 21.1 Å². The number of carbonyl (C=O) groups is 1. The maximum Gasteiger partial charge on any atom is 0.337 e. The summed E-state index contributed by atoms with van der Waals surface area (Å²) in [6.45, 7) is 0. The molecule has 0 aliphatic heterocycles. The smallest absolute Gasteiger partial charge is 0.337 e. The predicted octanol–water partition coefficient (Wildman–Crippen LogP) is 0.991. The molecule has 0 saturated carbocycles. The fourth-order valence-corrected chi connectivity index (χ4v) is 1.06. The highest BCUT2D eigenvalue weighted by molar-refractivity contribution is 5.74. The van der Waals surface area contributed by atoms with Crippen molar-refractivity contribution in [2.75, 3.05) is 0 Å². The lowest BCUT2D eigenvalue weighted by atomic mass is 10.1. The minimum absolute atomic E-state index is 0.299. The molecule has 0 unspecified atom stereocenters. The van der Waals surface area contributed by atoms with Gasteiger partial charge in [0.25, 0.3) is 0 Å². The van der Waals surface area contributed by atoms with Crippen molar-refractivity contribution in [2.45, 2.75) is 6.10 Å². The first-order valence-electron chi connectivity index (χ1n) is 3.88. The average molecular weight is 233 g/mol. The molecule has 0 bridgehead atoms. The SMILES string of the molecule is O=C(O)[C@H](O)c1cc(F)cc([N+](=O)[O-])c1F. The Morgan fingerprint density at radius 3 is 2.44 bits per heavy atom. The van der Waals surface area contributed by atoms with Crippen molar-refractivity contribution in [3.8, 4) is 0 Å². The lowest BCUT2D eigenvalue weighted by Gasteiger charge is -2.07. The van der Waals surface area contributed by atoms with Crippen LogP contribution in [0.15, 0.2) is 12.1 Å². The van der Waals surface area contributed by atoms with E-state index >= 15 is 0 Å². The monoisotopic (exact) mass is 233 g/mol. The van der Waals surface area contributed by atoms with Gasteiger partial charge in [0.2, 0.25) is 5.82 Å².